The number of rotatable bonds is 4. The minimum atomic E-state index is 0.596. The van der Waals surface area contributed by atoms with Crippen molar-refractivity contribution in [1.29, 1.82) is 0 Å². The van der Waals surface area contributed by atoms with Crippen LogP contribution in [-0.4, -0.2) is 56.1 Å². The van der Waals surface area contributed by atoms with Crippen LogP contribution in [0.15, 0.2) is 24.3 Å². The van der Waals surface area contributed by atoms with Gasteiger partial charge in [0.05, 0.1) is 0 Å². The number of aryl methyl sites for hydroxylation is 1. The summed E-state index contributed by atoms with van der Waals surface area (Å²) in [5.74, 6) is 0. The minimum Gasteiger partial charge on any atom is -0.310 e. The first-order valence-corrected chi connectivity index (χ1v) is 6.79. The van der Waals surface area contributed by atoms with Gasteiger partial charge >= 0.3 is 0 Å². The van der Waals surface area contributed by atoms with Crippen molar-refractivity contribution in [2.75, 3.05) is 40.3 Å². The van der Waals surface area contributed by atoms with Crippen molar-refractivity contribution < 1.29 is 0 Å². The van der Waals surface area contributed by atoms with Crippen LogP contribution >= 0.6 is 0 Å². The van der Waals surface area contributed by atoms with E-state index < -0.39 is 0 Å². The highest BCUT2D eigenvalue weighted by Crippen LogP contribution is 2.09. The van der Waals surface area contributed by atoms with E-state index in [9.17, 15) is 0 Å². The Kier molecular flexibility index (Phi) is 4.75. The van der Waals surface area contributed by atoms with Crippen molar-refractivity contribution in [2.24, 2.45) is 0 Å². The van der Waals surface area contributed by atoms with Gasteiger partial charge in [-0.3, -0.25) is 4.90 Å². The van der Waals surface area contributed by atoms with E-state index in [2.05, 4.69) is 60.4 Å². The highest BCUT2D eigenvalue weighted by molar-refractivity contribution is 5.21. The summed E-state index contributed by atoms with van der Waals surface area (Å²) in [4.78, 5) is 4.81. The summed E-state index contributed by atoms with van der Waals surface area (Å²) in [6.45, 7) is 7.73. The van der Waals surface area contributed by atoms with E-state index in [0.29, 0.717) is 6.04 Å². The fourth-order valence-corrected chi connectivity index (χ4v) is 2.55. The average Bonchev–Trinajstić information content (AvgIpc) is 2.32. The first kappa shape index (κ1) is 13.5. The van der Waals surface area contributed by atoms with Gasteiger partial charge in [0.1, 0.15) is 0 Å². The van der Waals surface area contributed by atoms with E-state index in [-0.39, 0.29) is 0 Å². The largest absolute Gasteiger partial charge is 0.310 e. The summed E-state index contributed by atoms with van der Waals surface area (Å²) >= 11 is 0. The molecule has 0 amide bonds. The second-order valence-corrected chi connectivity index (χ2v) is 5.63. The van der Waals surface area contributed by atoms with Gasteiger partial charge in [-0.1, -0.05) is 29.8 Å². The molecule has 1 aromatic rings. The molecule has 1 atom stereocenters. The smallest absolute Gasteiger partial charge is 0.0323 e. The molecule has 1 N–H and O–H groups in total. The molecule has 3 nitrogen and oxygen atoms in total. The molecule has 0 aliphatic carbocycles. The van der Waals surface area contributed by atoms with Gasteiger partial charge < -0.3 is 10.2 Å². The zero-order valence-corrected chi connectivity index (χ0v) is 11.8. The fraction of sp³-hybridized carbons (Fsp3) is 0.600. The van der Waals surface area contributed by atoms with E-state index in [4.69, 9.17) is 0 Å². The number of piperazine rings is 1. The van der Waals surface area contributed by atoms with Crippen LogP contribution in [0, 0.1) is 6.92 Å². The van der Waals surface area contributed by atoms with Crippen LogP contribution in [0.3, 0.4) is 0 Å². The number of likely N-dealkylation sites (N-methyl/N-ethyl adjacent to an activating group) is 1. The highest BCUT2D eigenvalue weighted by atomic mass is 15.2. The molecular weight excluding hydrogens is 222 g/mol. The van der Waals surface area contributed by atoms with Crippen LogP contribution in [0.2, 0.25) is 0 Å². The number of hydrogen-bond acceptors (Lipinski definition) is 3. The zero-order chi connectivity index (χ0) is 13.0. The molecule has 0 saturated carbocycles. The van der Waals surface area contributed by atoms with Gasteiger partial charge in [-0.2, -0.15) is 0 Å². The lowest BCUT2D eigenvalue weighted by Crippen LogP contribution is -2.53. The molecule has 1 heterocycles. The number of benzene rings is 1. The third-order valence-corrected chi connectivity index (χ3v) is 3.45. The topological polar surface area (TPSA) is 18.5 Å². The minimum absolute atomic E-state index is 0.596. The summed E-state index contributed by atoms with van der Waals surface area (Å²) in [5.41, 5.74) is 2.76. The van der Waals surface area contributed by atoms with Crippen molar-refractivity contribution in [1.82, 2.24) is 15.1 Å². The van der Waals surface area contributed by atoms with Crippen molar-refractivity contribution in [2.45, 2.75) is 19.5 Å². The van der Waals surface area contributed by atoms with E-state index in [1.165, 1.54) is 11.1 Å². The van der Waals surface area contributed by atoms with Crippen LogP contribution in [0.4, 0.5) is 0 Å². The Morgan fingerprint density at radius 2 is 2.00 bits per heavy atom. The lowest BCUT2D eigenvalue weighted by Gasteiger charge is -2.35. The maximum absolute atomic E-state index is 3.59. The monoisotopic (exact) mass is 247 g/mol. The Labute approximate surface area is 111 Å². The van der Waals surface area contributed by atoms with Crippen LogP contribution in [0.25, 0.3) is 0 Å². The second-order valence-electron chi connectivity index (χ2n) is 5.63. The van der Waals surface area contributed by atoms with E-state index >= 15 is 0 Å². The predicted octanol–water partition coefficient (Wildman–Crippen LogP) is 1.33. The molecule has 1 unspecified atom stereocenters. The summed E-state index contributed by atoms with van der Waals surface area (Å²) in [6, 6.07) is 9.50. The van der Waals surface area contributed by atoms with Gasteiger partial charge in [0, 0.05) is 38.8 Å². The fourth-order valence-electron chi connectivity index (χ4n) is 2.55. The van der Waals surface area contributed by atoms with Crippen molar-refractivity contribution in [3.05, 3.63) is 35.4 Å². The third kappa shape index (κ3) is 4.09. The quantitative estimate of drug-likeness (QED) is 0.866. The molecule has 3 heteroatoms. The van der Waals surface area contributed by atoms with Crippen LogP contribution in [0.1, 0.15) is 11.1 Å². The Bertz CT molecular complexity index is 359. The Morgan fingerprint density at radius 3 is 2.67 bits per heavy atom. The molecule has 0 spiro atoms. The number of nitrogens with one attached hydrogen (secondary N) is 1. The Balaban J connectivity index is 1.87. The van der Waals surface area contributed by atoms with Crippen LogP contribution < -0.4 is 5.32 Å². The van der Waals surface area contributed by atoms with Crippen LogP contribution in [-0.2, 0) is 6.54 Å². The van der Waals surface area contributed by atoms with E-state index in [1.807, 2.05) is 0 Å². The Morgan fingerprint density at radius 1 is 1.28 bits per heavy atom. The molecule has 2 rings (SSSR count). The zero-order valence-electron chi connectivity index (χ0n) is 11.8. The SMILES string of the molecule is Cc1ccc(CN2CCNC(CN(C)C)C2)cc1. The maximum atomic E-state index is 3.59. The molecule has 1 aliphatic rings. The Hall–Kier alpha value is -0.900. The van der Waals surface area contributed by atoms with Crippen molar-refractivity contribution >= 4 is 0 Å². The summed E-state index contributed by atoms with van der Waals surface area (Å²) in [5, 5.41) is 3.59. The lowest BCUT2D eigenvalue weighted by molar-refractivity contribution is 0.172. The molecule has 0 aromatic heterocycles. The first-order chi connectivity index (χ1) is 8.63. The van der Waals surface area contributed by atoms with E-state index in [0.717, 1.165) is 32.7 Å². The molecule has 0 radical (unpaired) electrons. The lowest BCUT2D eigenvalue weighted by atomic mass is 10.1. The number of hydrogen-bond donors (Lipinski definition) is 1. The maximum Gasteiger partial charge on any atom is 0.0323 e. The van der Waals surface area contributed by atoms with Gasteiger partial charge in [0.15, 0.2) is 0 Å². The van der Waals surface area contributed by atoms with Gasteiger partial charge in [0.2, 0.25) is 0 Å². The average molecular weight is 247 g/mol. The van der Waals surface area contributed by atoms with E-state index in [1.54, 1.807) is 0 Å². The summed E-state index contributed by atoms with van der Waals surface area (Å²) < 4.78 is 0. The van der Waals surface area contributed by atoms with Crippen molar-refractivity contribution in [3.8, 4) is 0 Å². The molecule has 100 valence electrons. The van der Waals surface area contributed by atoms with Crippen molar-refractivity contribution in [3.63, 3.8) is 0 Å². The molecule has 18 heavy (non-hydrogen) atoms. The van der Waals surface area contributed by atoms with Gasteiger partial charge in [-0.15, -0.1) is 0 Å². The first-order valence-electron chi connectivity index (χ1n) is 6.79. The second kappa shape index (κ2) is 6.32. The summed E-state index contributed by atoms with van der Waals surface area (Å²) in [6.07, 6.45) is 0. The van der Waals surface area contributed by atoms with Gasteiger partial charge in [-0.25, -0.2) is 0 Å². The standard InChI is InChI=1S/C15H25N3/c1-13-4-6-14(7-5-13)10-18-9-8-16-15(12-18)11-17(2)3/h4-7,15-16H,8-12H2,1-3H3. The van der Waals surface area contributed by atoms with Gasteiger partial charge in [-0.05, 0) is 26.6 Å². The third-order valence-electron chi connectivity index (χ3n) is 3.45. The molecule has 0 bridgehead atoms. The molecule has 1 saturated heterocycles. The van der Waals surface area contributed by atoms with Gasteiger partial charge in [0.25, 0.3) is 0 Å². The summed E-state index contributed by atoms with van der Waals surface area (Å²) in [7, 11) is 4.28. The molecule has 1 fully saturated rings. The number of nitrogens with zero attached hydrogens (tertiary/aromatic N) is 2. The predicted molar refractivity (Wildman–Crippen MR) is 76.8 cm³/mol. The van der Waals surface area contributed by atoms with Crippen LogP contribution in [0.5, 0.6) is 0 Å². The highest BCUT2D eigenvalue weighted by Gasteiger charge is 2.19. The normalized spacial score (nSPS) is 21.4. The molecule has 1 aromatic carbocycles. The molecular formula is C15H25N3. The molecule has 1 aliphatic heterocycles.